The number of nitrogens with zero attached hydrogens (tertiary/aromatic N) is 2. The molecule has 8 heteroatoms. The van der Waals surface area contributed by atoms with Crippen LogP contribution in [0.1, 0.15) is 24.9 Å². The van der Waals surface area contributed by atoms with E-state index in [2.05, 4.69) is 33.0 Å². The Morgan fingerprint density at radius 1 is 1.12 bits per heavy atom. The monoisotopic (exact) mass is 447 g/mol. The van der Waals surface area contributed by atoms with E-state index in [1.54, 1.807) is 17.9 Å². The maximum atomic E-state index is 13.6. The predicted octanol–water partition coefficient (Wildman–Crippen LogP) is 1.51. The van der Waals surface area contributed by atoms with Crippen molar-refractivity contribution < 1.29 is 14.4 Å². The zero-order valence-electron chi connectivity index (χ0n) is 18.7. The Morgan fingerprint density at radius 2 is 1.88 bits per heavy atom. The Balaban J connectivity index is 1.47. The van der Waals surface area contributed by atoms with Gasteiger partial charge in [0.1, 0.15) is 6.54 Å². The molecule has 0 unspecified atom stereocenters. The predicted molar refractivity (Wildman–Crippen MR) is 126 cm³/mol. The van der Waals surface area contributed by atoms with E-state index in [1.165, 1.54) is 0 Å². The number of carbonyl (C=O) groups excluding carboxylic acids is 3. The van der Waals surface area contributed by atoms with Gasteiger partial charge in [0.05, 0.1) is 23.5 Å². The number of para-hydroxylation sites is 2. The highest BCUT2D eigenvalue weighted by Gasteiger charge is 2.54. The average molecular weight is 448 g/mol. The molecule has 172 valence electrons. The summed E-state index contributed by atoms with van der Waals surface area (Å²) >= 11 is 0. The number of fused-ring (bicyclic) bond motifs is 2. The van der Waals surface area contributed by atoms with Crippen LogP contribution in [0.2, 0.25) is 0 Å². The van der Waals surface area contributed by atoms with Gasteiger partial charge in [0.25, 0.3) is 0 Å². The molecule has 0 spiro atoms. The molecule has 3 heterocycles. The molecule has 0 aromatic heterocycles. The van der Waals surface area contributed by atoms with Gasteiger partial charge in [-0.25, -0.2) is 0 Å². The molecule has 3 aliphatic rings. The second-order valence-electron chi connectivity index (χ2n) is 9.21. The number of piperidine rings is 1. The third-order valence-electron chi connectivity index (χ3n) is 7.02. The van der Waals surface area contributed by atoms with Gasteiger partial charge in [-0.2, -0.15) is 0 Å². The Bertz CT molecular complexity index is 1070. The van der Waals surface area contributed by atoms with Crippen LogP contribution >= 0.6 is 0 Å². The van der Waals surface area contributed by atoms with Crippen LogP contribution in [-0.4, -0.2) is 60.9 Å². The molecule has 0 saturated carbocycles. The molecule has 33 heavy (non-hydrogen) atoms. The van der Waals surface area contributed by atoms with Crippen LogP contribution < -0.4 is 20.9 Å². The van der Waals surface area contributed by atoms with E-state index in [9.17, 15) is 14.4 Å². The maximum absolute atomic E-state index is 13.6. The van der Waals surface area contributed by atoms with E-state index in [0.29, 0.717) is 24.5 Å². The number of carbonyl (C=O) groups is 3. The van der Waals surface area contributed by atoms with Crippen molar-refractivity contribution in [1.29, 1.82) is 0 Å². The van der Waals surface area contributed by atoms with Gasteiger partial charge in [-0.1, -0.05) is 42.5 Å². The lowest BCUT2D eigenvalue weighted by Crippen LogP contribution is -2.62. The summed E-state index contributed by atoms with van der Waals surface area (Å²) in [7, 11) is 0. The van der Waals surface area contributed by atoms with E-state index in [1.807, 2.05) is 36.4 Å². The fraction of sp³-hybridized carbons (Fsp3) is 0.400. The molecule has 2 fully saturated rings. The summed E-state index contributed by atoms with van der Waals surface area (Å²) in [4.78, 5) is 41.8. The van der Waals surface area contributed by atoms with Gasteiger partial charge in [0.2, 0.25) is 17.7 Å². The molecule has 0 radical (unpaired) electrons. The van der Waals surface area contributed by atoms with E-state index >= 15 is 0 Å². The van der Waals surface area contributed by atoms with Crippen LogP contribution in [-0.2, 0) is 14.4 Å². The largest absolute Gasteiger partial charge is 0.348 e. The lowest BCUT2D eigenvalue weighted by molar-refractivity contribution is -0.123. The molecule has 3 amide bonds. The smallest absolute Gasteiger partial charge is 0.244 e. The van der Waals surface area contributed by atoms with Crippen LogP contribution in [0.5, 0.6) is 0 Å². The second kappa shape index (κ2) is 8.61. The molecule has 2 aromatic rings. The normalized spacial score (nSPS) is 26.8. The Kier molecular flexibility index (Phi) is 5.64. The van der Waals surface area contributed by atoms with Gasteiger partial charge in [0.15, 0.2) is 0 Å². The van der Waals surface area contributed by atoms with Crippen molar-refractivity contribution in [2.24, 2.45) is 5.92 Å². The highest BCUT2D eigenvalue weighted by atomic mass is 16.2. The van der Waals surface area contributed by atoms with Crippen molar-refractivity contribution in [1.82, 2.24) is 15.5 Å². The first-order valence-electron chi connectivity index (χ1n) is 11.4. The average Bonchev–Trinajstić information content (AvgIpc) is 3.11. The maximum Gasteiger partial charge on any atom is 0.244 e. The fourth-order valence-electron chi connectivity index (χ4n) is 5.81. The third-order valence-corrected chi connectivity index (χ3v) is 7.02. The highest BCUT2D eigenvalue weighted by Crippen LogP contribution is 2.46. The number of anilines is 2. The number of rotatable bonds is 4. The summed E-state index contributed by atoms with van der Waals surface area (Å²) in [6.07, 6.45) is 0.902. The highest BCUT2D eigenvalue weighted by molar-refractivity contribution is 6.10. The van der Waals surface area contributed by atoms with Gasteiger partial charge in [-0.15, -0.1) is 0 Å². The number of likely N-dealkylation sites (tertiary alicyclic amines) is 1. The van der Waals surface area contributed by atoms with Gasteiger partial charge in [0, 0.05) is 32.0 Å². The van der Waals surface area contributed by atoms with Crippen molar-refractivity contribution in [2.75, 3.05) is 42.9 Å². The van der Waals surface area contributed by atoms with Crippen LogP contribution in [0.15, 0.2) is 54.6 Å². The molecule has 0 bridgehead atoms. The molecule has 2 saturated heterocycles. The second-order valence-corrected chi connectivity index (χ2v) is 9.21. The van der Waals surface area contributed by atoms with Gasteiger partial charge >= 0.3 is 0 Å². The zero-order valence-corrected chi connectivity index (χ0v) is 18.7. The zero-order chi connectivity index (χ0) is 23.0. The van der Waals surface area contributed by atoms with Crippen molar-refractivity contribution in [3.05, 3.63) is 60.2 Å². The Hall–Kier alpha value is -3.23. The fourth-order valence-corrected chi connectivity index (χ4v) is 5.81. The van der Waals surface area contributed by atoms with E-state index in [-0.39, 0.29) is 42.8 Å². The SMILES string of the molecule is CC(=O)N[C@@]12CNCC[C@@H]1[C@@H](c1ccccc1)N(CC(=O)N1CC(=O)Nc3ccccc31)C2. The van der Waals surface area contributed by atoms with E-state index < -0.39 is 5.54 Å². The summed E-state index contributed by atoms with van der Waals surface area (Å²) < 4.78 is 0. The van der Waals surface area contributed by atoms with E-state index in [0.717, 1.165) is 18.5 Å². The first-order chi connectivity index (χ1) is 16.0. The molecule has 3 N–H and O–H groups in total. The van der Waals surface area contributed by atoms with Crippen LogP contribution in [0.3, 0.4) is 0 Å². The molecule has 5 rings (SSSR count). The van der Waals surface area contributed by atoms with Crippen molar-refractivity contribution in [2.45, 2.75) is 24.9 Å². The summed E-state index contributed by atoms with van der Waals surface area (Å²) in [5, 5.41) is 9.51. The summed E-state index contributed by atoms with van der Waals surface area (Å²) in [6.45, 7) is 3.82. The topological polar surface area (TPSA) is 93.8 Å². The first-order valence-corrected chi connectivity index (χ1v) is 11.4. The number of amides is 3. The first kappa shape index (κ1) is 21.6. The Morgan fingerprint density at radius 3 is 2.67 bits per heavy atom. The number of hydrogen-bond donors (Lipinski definition) is 3. The number of hydrogen-bond acceptors (Lipinski definition) is 5. The van der Waals surface area contributed by atoms with Gasteiger partial charge in [-0.3, -0.25) is 24.2 Å². The quantitative estimate of drug-likeness (QED) is 0.661. The minimum absolute atomic E-state index is 0.00150. The summed E-state index contributed by atoms with van der Waals surface area (Å²) in [6, 6.07) is 17.6. The third kappa shape index (κ3) is 4.00. The molecular weight excluding hydrogens is 418 g/mol. The van der Waals surface area contributed by atoms with Gasteiger partial charge in [-0.05, 0) is 30.7 Å². The molecule has 2 aromatic carbocycles. The summed E-state index contributed by atoms with van der Waals surface area (Å²) in [5.41, 5.74) is 2.06. The molecule has 8 nitrogen and oxygen atoms in total. The minimum atomic E-state index is -0.442. The van der Waals surface area contributed by atoms with Gasteiger partial charge < -0.3 is 16.0 Å². The number of nitrogens with one attached hydrogen (secondary N) is 3. The van der Waals surface area contributed by atoms with Crippen molar-refractivity contribution >= 4 is 29.1 Å². The lowest BCUT2D eigenvalue weighted by atomic mass is 9.76. The standard InChI is InChI=1S/C25H29N5O3/c1-17(31)28-25-15-26-12-11-19(25)24(18-7-3-2-4-8-18)29(16-25)14-23(33)30-13-22(32)27-20-9-5-6-10-21(20)30/h2-10,19,24,26H,11-16H2,1H3,(H,27,32)(H,28,31)/t19-,24-,25-/m1/s1. The molecule has 3 atom stereocenters. The molecule has 0 aliphatic carbocycles. The van der Waals surface area contributed by atoms with Crippen LogP contribution in [0.25, 0.3) is 0 Å². The van der Waals surface area contributed by atoms with Crippen molar-refractivity contribution in [3.8, 4) is 0 Å². The van der Waals surface area contributed by atoms with Crippen LogP contribution in [0.4, 0.5) is 11.4 Å². The van der Waals surface area contributed by atoms with E-state index in [4.69, 9.17) is 0 Å². The van der Waals surface area contributed by atoms with Crippen LogP contribution in [0, 0.1) is 5.92 Å². The lowest BCUT2D eigenvalue weighted by Gasteiger charge is -2.41. The Labute approximate surface area is 193 Å². The van der Waals surface area contributed by atoms with Crippen molar-refractivity contribution in [3.63, 3.8) is 0 Å². The number of benzene rings is 2. The summed E-state index contributed by atoms with van der Waals surface area (Å²) in [5.74, 6) is -0.210. The molecule has 3 aliphatic heterocycles. The molecular formula is C25H29N5O3. The minimum Gasteiger partial charge on any atom is -0.348 e.